The molecule has 1 aliphatic rings. The number of anilines is 2. The molecule has 6 heteroatoms. The normalized spacial score (nSPS) is 16.4. The molecular formula is C21H24BrN3O2. The van der Waals surface area contributed by atoms with Crippen LogP contribution in [0.2, 0.25) is 0 Å². The summed E-state index contributed by atoms with van der Waals surface area (Å²) in [5, 5.41) is 5.81. The Bertz CT molecular complexity index is 803. The van der Waals surface area contributed by atoms with Gasteiger partial charge in [0.25, 0.3) is 0 Å². The van der Waals surface area contributed by atoms with Crippen molar-refractivity contribution in [2.45, 2.75) is 38.6 Å². The van der Waals surface area contributed by atoms with E-state index in [1.807, 2.05) is 48.5 Å². The number of halogens is 1. The van der Waals surface area contributed by atoms with E-state index < -0.39 is 6.04 Å². The van der Waals surface area contributed by atoms with Gasteiger partial charge in [0.1, 0.15) is 6.04 Å². The van der Waals surface area contributed by atoms with E-state index in [4.69, 9.17) is 0 Å². The van der Waals surface area contributed by atoms with Gasteiger partial charge in [0, 0.05) is 22.4 Å². The number of likely N-dealkylation sites (tertiary alicyclic amines) is 1. The van der Waals surface area contributed by atoms with Gasteiger partial charge in [0.05, 0.1) is 0 Å². The summed E-state index contributed by atoms with van der Waals surface area (Å²) in [6.07, 6.45) is 1.49. The molecule has 142 valence electrons. The van der Waals surface area contributed by atoms with E-state index >= 15 is 0 Å². The van der Waals surface area contributed by atoms with Gasteiger partial charge >= 0.3 is 6.03 Å². The summed E-state index contributed by atoms with van der Waals surface area (Å²) in [7, 11) is 0. The van der Waals surface area contributed by atoms with Crippen molar-refractivity contribution >= 4 is 39.2 Å². The van der Waals surface area contributed by atoms with Crippen molar-refractivity contribution in [3.63, 3.8) is 0 Å². The van der Waals surface area contributed by atoms with Crippen molar-refractivity contribution in [1.82, 2.24) is 4.90 Å². The van der Waals surface area contributed by atoms with Crippen LogP contribution in [0.5, 0.6) is 0 Å². The molecule has 1 unspecified atom stereocenters. The Balaban J connectivity index is 1.63. The molecule has 1 saturated heterocycles. The molecule has 0 aliphatic carbocycles. The van der Waals surface area contributed by atoms with Crippen LogP contribution < -0.4 is 10.6 Å². The Morgan fingerprint density at radius 1 is 1.00 bits per heavy atom. The van der Waals surface area contributed by atoms with Gasteiger partial charge in [0.15, 0.2) is 0 Å². The zero-order valence-electron chi connectivity index (χ0n) is 15.5. The molecule has 0 bridgehead atoms. The molecule has 2 aromatic carbocycles. The van der Waals surface area contributed by atoms with Crippen LogP contribution in [0.4, 0.5) is 16.2 Å². The molecule has 5 nitrogen and oxygen atoms in total. The predicted octanol–water partition coefficient (Wildman–Crippen LogP) is 5.21. The van der Waals surface area contributed by atoms with Crippen LogP contribution in [0.1, 0.15) is 38.2 Å². The monoisotopic (exact) mass is 429 g/mol. The number of hydrogen-bond acceptors (Lipinski definition) is 2. The summed E-state index contributed by atoms with van der Waals surface area (Å²) in [4.78, 5) is 26.9. The standard InChI is InChI=1S/C21H24BrN3O2/c1-14(2)15-5-9-18(10-6-15)24-21(27)25-13-3-4-19(25)20(26)23-17-11-7-16(22)8-12-17/h5-12,14,19H,3-4,13H2,1-2H3,(H,23,26)(H,24,27). The number of hydrogen-bond donors (Lipinski definition) is 2. The molecule has 1 atom stereocenters. The number of nitrogens with zero attached hydrogens (tertiary/aromatic N) is 1. The second kappa shape index (κ2) is 8.57. The lowest BCUT2D eigenvalue weighted by molar-refractivity contribution is -0.119. The maximum absolute atomic E-state index is 12.7. The molecule has 27 heavy (non-hydrogen) atoms. The van der Waals surface area contributed by atoms with E-state index in [2.05, 4.69) is 40.4 Å². The largest absolute Gasteiger partial charge is 0.324 e. The van der Waals surface area contributed by atoms with E-state index in [-0.39, 0.29) is 11.9 Å². The third-order valence-electron chi connectivity index (χ3n) is 4.76. The van der Waals surface area contributed by atoms with Crippen LogP contribution in [-0.2, 0) is 4.79 Å². The van der Waals surface area contributed by atoms with Crippen molar-refractivity contribution in [3.8, 4) is 0 Å². The van der Waals surface area contributed by atoms with Crippen LogP contribution in [-0.4, -0.2) is 29.4 Å². The van der Waals surface area contributed by atoms with E-state index in [9.17, 15) is 9.59 Å². The van der Waals surface area contributed by atoms with Gasteiger partial charge < -0.3 is 15.5 Å². The fourth-order valence-corrected chi connectivity index (χ4v) is 3.45. The Labute approximate surface area is 168 Å². The number of amides is 3. The molecule has 1 fully saturated rings. The molecular weight excluding hydrogens is 406 g/mol. The van der Waals surface area contributed by atoms with Gasteiger partial charge in [-0.2, -0.15) is 0 Å². The summed E-state index contributed by atoms with van der Waals surface area (Å²) < 4.78 is 0.950. The third kappa shape index (κ3) is 4.89. The topological polar surface area (TPSA) is 61.4 Å². The van der Waals surface area contributed by atoms with Crippen LogP contribution >= 0.6 is 15.9 Å². The van der Waals surface area contributed by atoms with E-state index in [0.717, 1.165) is 22.3 Å². The Hall–Kier alpha value is -2.34. The molecule has 2 N–H and O–H groups in total. The van der Waals surface area contributed by atoms with Crippen molar-refractivity contribution in [1.29, 1.82) is 0 Å². The van der Waals surface area contributed by atoms with Crippen molar-refractivity contribution in [2.24, 2.45) is 0 Å². The Morgan fingerprint density at radius 2 is 1.59 bits per heavy atom. The first-order chi connectivity index (χ1) is 12.9. The highest BCUT2D eigenvalue weighted by Crippen LogP contribution is 2.22. The van der Waals surface area contributed by atoms with E-state index in [1.54, 1.807) is 4.90 Å². The first-order valence-corrected chi connectivity index (χ1v) is 9.97. The minimum atomic E-state index is -0.455. The fourth-order valence-electron chi connectivity index (χ4n) is 3.19. The molecule has 3 amide bonds. The van der Waals surface area contributed by atoms with Gasteiger partial charge in [-0.3, -0.25) is 4.79 Å². The second-order valence-corrected chi connectivity index (χ2v) is 7.97. The summed E-state index contributed by atoms with van der Waals surface area (Å²) >= 11 is 3.38. The number of carbonyl (C=O) groups excluding carboxylic acids is 2. The molecule has 0 radical (unpaired) electrons. The van der Waals surface area contributed by atoms with Gasteiger partial charge in [-0.25, -0.2) is 4.79 Å². The molecule has 1 aliphatic heterocycles. The number of benzene rings is 2. The predicted molar refractivity (Wildman–Crippen MR) is 112 cm³/mol. The molecule has 3 rings (SSSR count). The van der Waals surface area contributed by atoms with Gasteiger partial charge in [0.2, 0.25) is 5.91 Å². The molecule has 2 aromatic rings. The summed E-state index contributed by atoms with van der Waals surface area (Å²) in [5.74, 6) is 0.292. The first-order valence-electron chi connectivity index (χ1n) is 9.18. The maximum atomic E-state index is 12.7. The lowest BCUT2D eigenvalue weighted by Gasteiger charge is -2.24. The van der Waals surface area contributed by atoms with Crippen LogP contribution in [0.3, 0.4) is 0 Å². The number of nitrogens with one attached hydrogen (secondary N) is 2. The lowest BCUT2D eigenvalue weighted by atomic mass is 10.0. The zero-order chi connectivity index (χ0) is 19.4. The minimum Gasteiger partial charge on any atom is -0.324 e. The average molecular weight is 430 g/mol. The highest BCUT2D eigenvalue weighted by atomic mass is 79.9. The fraction of sp³-hybridized carbons (Fsp3) is 0.333. The van der Waals surface area contributed by atoms with Crippen LogP contribution in [0.15, 0.2) is 53.0 Å². The number of rotatable bonds is 4. The zero-order valence-corrected chi connectivity index (χ0v) is 17.1. The SMILES string of the molecule is CC(C)c1ccc(NC(=O)N2CCCC2C(=O)Nc2ccc(Br)cc2)cc1. The Morgan fingerprint density at radius 3 is 2.22 bits per heavy atom. The average Bonchev–Trinajstić information content (AvgIpc) is 3.14. The minimum absolute atomic E-state index is 0.153. The highest BCUT2D eigenvalue weighted by molar-refractivity contribution is 9.10. The molecule has 0 saturated carbocycles. The summed E-state index contributed by atoms with van der Waals surface area (Å²) in [5.41, 5.74) is 2.68. The second-order valence-electron chi connectivity index (χ2n) is 7.05. The van der Waals surface area contributed by atoms with Crippen molar-refractivity contribution in [3.05, 3.63) is 58.6 Å². The van der Waals surface area contributed by atoms with Gasteiger partial charge in [-0.1, -0.05) is 41.9 Å². The molecule has 0 aromatic heterocycles. The Kier molecular flexibility index (Phi) is 6.16. The lowest BCUT2D eigenvalue weighted by Crippen LogP contribution is -2.45. The van der Waals surface area contributed by atoms with Gasteiger partial charge in [-0.05, 0) is 60.7 Å². The van der Waals surface area contributed by atoms with Gasteiger partial charge in [-0.15, -0.1) is 0 Å². The molecule has 1 heterocycles. The van der Waals surface area contributed by atoms with Crippen molar-refractivity contribution < 1.29 is 9.59 Å². The quantitative estimate of drug-likeness (QED) is 0.700. The third-order valence-corrected chi connectivity index (χ3v) is 5.29. The number of carbonyl (C=O) groups is 2. The van der Waals surface area contributed by atoms with E-state index in [1.165, 1.54) is 5.56 Å². The van der Waals surface area contributed by atoms with E-state index in [0.29, 0.717) is 18.9 Å². The molecule has 0 spiro atoms. The van der Waals surface area contributed by atoms with Crippen molar-refractivity contribution in [2.75, 3.05) is 17.2 Å². The summed E-state index contributed by atoms with van der Waals surface area (Å²) in [6, 6.07) is 14.6. The van der Waals surface area contributed by atoms with Crippen LogP contribution in [0.25, 0.3) is 0 Å². The highest BCUT2D eigenvalue weighted by Gasteiger charge is 2.34. The van der Waals surface area contributed by atoms with Crippen LogP contribution in [0, 0.1) is 0 Å². The smallest absolute Gasteiger partial charge is 0.322 e. The maximum Gasteiger partial charge on any atom is 0.322 e. The first kappa shape index (κ1) is 19.4. The summed E-state index contributed by atoms with van der Waals surface area (Å²) in [6.45, 7) is 4.84. The number of urea groups is 1.